The molecule has 3 rings (SSSR count). The number of hydrogen-bond donors (Lipinski definition) is 0. The minimum atomic E-state index is -3.29. The third-order valence-electron chi connectivity index (χ3n) is 3.95. The van der Waals surface area contributed by atoms with E-state index in [1.54, 1.807) is 23.2 Å². The first-order valence-electron chi connectivity index (χ1n) is 7.35. The van der Waals surface area contributed by atoms with Crippen molar-refractivity contribution in [1.29, 1.82) is 0 Å². The van der Waals surface area contributed by atoms with E-state index >= 15 is 0 Å². The lowest BCUT2D eigenvalue weighted by Gasteiger charge is -2.22. The van der Waals surface area contributed by atoms with Crippen molar-refractivity contribution in [3.8, 4) is 0 Å². The molecule has 2 aromatic rings. The van der Waals surface area contributed by atoms with Crippen molar-refractivity contribution >= 4 is 37.3 Å². The van der Waals surface area contributed by atoms with E-state index < -0.39 is 15.6 Å². The van der Waals surface area contributed by atoms with E-state index in [-0.39, 0.29) is 17.7 Å². The van der Waals surface area contributed by atoms with Crippen LogP contribution in [0.3, 0.4) is 0 Å². The van der Waals surface area contributed by atoms with Crippen LogP contribution in [0.5, 0.6) is 0 Å². The van der Waals surface area contributed by atoms with Crippen molar-refractivity contribution in [2.45, 2.75) is 25.8 Å². The van der Waals surface area contributed by atoms with Crippen LogP contribution in [0.15, 0.2) is 24.3 Å². The SMILES string of the molecule is CCS(=O)(=O)CC(=O)N1CCCC1c1nc2ccccc2s1. The van der Waals surface area contributed by atoms with Crippen LogP contribution >= 0.6 is 11.3 Å². The number of thiazole rings is 1. The summed E-state index contributed by atoms with van der Waals surface area (Å²) < 4.78 is 24.5. The maximum Gasteiger partial charge on any atom is 0.238 e. The Balaban J connectivity index is 1.85. The molecule has 1 unspecified atom stereocenters. The topological polar surface area (TPSA) is 67.3 Å². The van der Waals surface area contributed by atoms with Gasteiger partial charge in [-0.1, -0.05) is 19.1 Å². The first kappa shape index (κ1) is 15.4. The Labute approximate surface area is 133 Å². The maximum atomic E-state index is 12.3. The summed E-state index contributed by atoms with van der Waals surface area (Å²) in [5.41, 5.74) is 0.933. The summed E-state index contributed by atoms with van der Waals surface area (Å²) in [4.78, 5) is 18.6. The lowest BCUT2D eigenvalue weighted by molar-refractivity contribution is -0.129. The molecule has 0 aliphatic carbocycles. The largest absolute Gasteiger partial charge is 0.332 e. The molecule has 22 heavy (non-hydrogen) atoms. The molecule has 1 aromatic heterocycles. The molecular formula is C15H18N2O3S2. The van der Waals surface area contributed by atoms with Gasteiger partial charge in [0.1, 0.15) is 10.8 Å². The second-order valence-electron chi connectivity index (χ2n) is 5.44. The van der Waals surface area contributed by atoms with Crippen LogP contribution in [-0.2, 0) is 14.6 Å². The van der Waals surface area contributed by atoms with E-state index in [9.17, 15) is 13.2 Å². The van der Waals surface area contributed by atoms with Gasteiger partial charge in [0.25, 0.3) is 0 Å². The van der Waals surface area contributed by atoms with Gasteiger partial charge in [-0.05, 0) is 25.0 Å². The minimum absolute atomic E-state index is 0.00160. The maximum absolute atomic E-state index is 12.3. The number of benzene rings is 1. The number of nitrogens with zero attached hydrogens (tertiary/aromatic N) is 2. The van der Waals surface area contributed by atoms with Gasteiger partial charge in [-0.2, -0.15) is 0 Å². The number of sulfone groups is 1. The van der Waals surface area contributed by atoms with E-state index in [1.807, 2.05) is 24.3 Å². The highest BCUT2D eigenvalue weighted by Crippen LogP contribution is 2.36. The van der Waals surface area contributed by atoms with E-state index in [0.29, 0.717) is 6.54 Å². The Hall–Kier alpha value is -1.47. The van der Waals surface area contributed by atoms with Gasteiger partial charge < -0.3 is 4.90 Å². The highest BCUT2D eigenvalue weighted by Gasteiger charge is 2.33. The smallest absolute Gasteiger partial charge is 0.238 e. The molecular weight excluding hydrogens is 320 g/mol. The molecule has 1 amide bonds. The van der Waals surface area contributed by atoms with Crippen molar-refractivity contribution in [3.63, 3.8) is 0 Å². The molecule has 1 saturated heterocycles. The van der Waals surface area contributed by atoms with Crippen LogP contribution < -0.4 is 0 Å². The van der Waals surface area contributed by atoms with Crippen molar-refractivity contribution in [1.82, 2.24) is 9.88 Å². The van der Waals surface area contributed by atoms with E-state index in [0.717, 1.165) is 28.1 Å². The Morgan fingerprint density at radius 1 is 1.41 bits per heavy atom. The van der Waals surface area contributed by atoms with Gasteiger partial charge in [-0.3, -0.25) is 4.79 Å². The molecule has 7 heteroatoms. The predicted octanol–water partition coefficient (Wildman–Crippen LogP) is 2.39. The Bertz CT molecular complexity index is 765. The van der Waals surface area contributed by atoms with Crippen LogP contribution in [0.2, 0.25) is 0 Å². The number of carbonyl (C=O) groups excluding carboxylic acids is 1. The van der Waals surface area contributed by atoms with Crippen molar-refractivity contribution < 1.29 is 13.2 Å². The molecule has 2 heterocycles. The average molecular weight is 338 g/mol. The Morgan fingerprint density at radius 2 is 2.18 bits per heavy atom. The number of carbonyl (C=O) groups is 1. The fourth-order valence-electron chi connectivity index (χ4n) is 2.73. The number of para-hydroxylation sites is 1. The number of amides is 1. The molecule has 1 aromatic carbocycles. The standard InChI is InChI=1S/C15H18N2O3S2/c1-2-22(19,20)10-14(18)17-9-5-7-12(17)15-16-11-6-3-4-8-13(11)21-15/h3-4,6,8,12H,2,5,7,9-10H2,1H3. The van der Waals surface area contributed by atoms with Crippen molar-refractivity contribution in [3.05, 3.63) is 29.3 Å². The minimum Gasteiger partial charge on any atom is -0.332 e. The van der Waals surface area contributed by atoms with Crippen molar-refractivity contribution in [2.75, 3.05) is 18.1 Å². The number of likely N-dealkylation sites (tertiary alicyclic amines) is 1. The zero-order chi connectivity index (χ0) is 15.7. The van der Waals surface area contributed by atoms with Crippen LogP contribution in [0, 0.1) is 0 Å². The Kier molecular flexibility index (Phi) is 4.18. The third-order valence-corrected chi connectivity index (χ3v) is 6.66. The van der Waals surface area contributed by atoms with Crippen LogP contribution in [0.25, 0.3) is 10.2 Å². The van der Waals surface area contributed by atoms with E-state index in [2.05, 4.69) is 4.98 Å². The molecule has 1 aliphatic rings. The molecule has 0 spiro atoms. The van der Waals surface area contributed by atoms with E-state index in [4.69, 9.17) is 0 Å². The molecule has 5 nitrogen and oxygen atoms in total. The van der Waals surface area contributed by atoms with Gasteiger partial charge in [0.15, 0.2) is 9.84 Å². The second kappa shape index (κ2) is 5.96. The van der Waals surface area contributed by atoms with Crippen LogP contribution in [0.1, 0.15) is 30.8 Å². The summed E-state index contributed by atoms with van der Waals surface area (Å²) in [7, 11) is -3.29. The molecule has 1 atom stereocenters. The van der Waals surface area contributed by atoms with Gasteiger partial charge in [0.05, 0.1) is 16.3 Å². The molecule has 1 aliphatic heterocycles. The Morgan fingerprint density at radius 3 is 2.91 bits per heavy atom. The number of aromatic nitrogens is 1. The zero-order valence-corrected chi connectivity index (χ0v) is 14.0. The first-order chi connectivity index (χ1) is 10.5. The van der Waals surface area contributed by atoms with Crippen LogP contribution in [-0.4, -0.2) is 42.3 Å². The van der Waals surface area contributed by atoms with E-state index in [1.165, 1.54) is 0 Å². The van der Waals surface area contributed by atoms with Gasteiger partial charge in [-0.25, -0.2) is 13.4 Å². The van der Waals surface area contributed by atoms with Gasteiger partial charge in [0, 0.05) is 12.3 Å². The summed E-state index contributed by atoms with van der Waals surface area (Å²) in [6.45, 7) is 2.18. The fraction of sp³-hybridized carbons (Fsp3) is 0.467. The summed E-state index contributed by atoms with van der Waals surface area (Å²) in [6, 6.07) is 7.79. The molecule has 0 saturated carbocycles. The zero-order valence-electron chi connectivity index (χ0n) is 12.4. The highest BCUT2D eigenvalue weighted by atomic mass is 32.2. The van der Waals surface area contributed by atoms with Gasteiger partial charge >= 0.3 is 0 Å². The third kappa shape index (κ3) is 3.01. The molecule has 0 radical (unpaired) electrons. The normalized spacial score (nSPS) is 19.0. The number of fused-ring (bicyclic) bond motifs is 1. The lowest BCUT2D eigenvalue weighted by atomic mass is 10.2. The summed E-state index contributed by atoms with van der Waals surface area (Å²) in [6.07, 6.45) is 1.73. The molecule has 1 fully saturated rings. The van der Waals surface area contributed by atoms with Gasteiger partial charge in [-0.15, -0.1) is 11.3 Å². The lowest BCUT2D eigenvalue weighted by Crippen LogP contribution is -2.35. The van der Waals surface area contributed by atoms with Crippen molar-refractivity contribution in [2.24, 2.45) is 0 Å². The number of rotatable bonds is 4. The second-order valence-corrected chi connectivity index (χ2v) is 8.86. The fourth-order valence-corrected chi connectivity index (χ4v) is 4.59. The quantitative estimate of drug-likeness (QED) is 0.858. The molecule has 0 N–H and O–H groups in total. The summed E-state index contributed by atoms with van der Waals surface area (Å²) in [5.74, 6) is -0.702. The van der Waals surface area contributed by atoms with Crippen LogP contribution in [0.4, 0.5) is 0 Å². The molecule has 0 bridgehead atoms. The molecule has 118 valence electrons. The number of hydrogen-bond acceptors (Lipinski definition) is 5. The average Bonchev–Trinajstić information content (AvgIpc) is 3.12. The predicted molar refractivity (Wildman–Crippen MR) is 87.6 cm³/mol. The van der Waals surface area contributed by atoms with Gasteiger partial charge in [0.2, 0.25) is 5.91 Å². The highest BCUT2D eigenvalue weighted by molar-refractivity contribution is 7.92. The monoisotopic (exact) mass is 338 g/mol. The first-order valence-corrected chi connectivity index (χ1v) is 9.99. The summed E-state index contributed by atoms with van der Waals surface area (Å²) in [5, 5.41) is 0.904. The summed E-state index contributed by atoms with van der Waals surface area (Å²) >= 11 is 1.58.